The molecule has 1 aliphatic heterocycles. The molecule has 3 heterocycles. The van der Waals surface area contributed by atoms with Crippen molar-refractivity contribution in [1.29, 1.82) is 0 Å². The van der Waals surface area contributed by atoms with Gasteiger partial charge in [0.1, 0.15) is 0 Å². The standard InChI is InChI=1S/C19H27N5O/c1-4-7-23-8-10-24(11-9-23)19(25)15-12-16(14-5-6-14)20-18-17(15)13(2)21-22(18)3/h12,14H,4-11H2,1-3H3. The maximum Gasteiger partial charge on any atom is 0.254 e. The van der Waals surface area contributed by atoms with E-state index in [1.807, 2.05) is 29.6 Å². The number of pyridine rings is 1. The maximum atomic E-state index is 13.3. The molecule has 0 unspecified atom stereocenters. The predicted octanol–water partition coefficient (Wildman–Crippen LogP) is 2.32. The molecule has 1 saturated heterocycles. The van der Waals surface area contributed by atoms with E-state index in [0.717, 1.165) is 60.7 Å². The van der Waals surface area contributed by atoms with Gasteiger partial charge in [-0.2, -0.15) is 5.10 Å². The zero-order valence-corrected chi connectivity index (χ0v) is 15.5. The van der Waals surface area contributed by atoms with Crippen molar-refractivity contribution in [2.24, 2.45) is 7.05 Å². The highest BCUT2D eigenvalue weighted by molar-refractivity contribution is 6.06. The van der Waals surface area contributed by atoms with E-state index in [0.29, 0.717) is 5.92 Å². The normalized spacial score (nSPS) is 18.9. The van der Waals surface area contributed by atoms with Crippen molar-refractivity contribution in [2.75, 3.05) is 32.7 Å². The van der Waals surface area contributed by atoms with Gasteiger partial charge in [-0.1, -0.05) is 6.92 Å². The minimum Gasteiger partial charge on any atom is -0.336 e. The molecule has 6 nitrogen and oxygen atoms in total. The molecule has 0 atom stereocenters. The highest BCUT2D eigenvalue weighted by atomic mass is 16.2. The highest BCUT2D eigenvalue weighted by Crippen LogP contribution is 2.40. The van der Waals surface area contributed by atoms with Gasteiger partial charge in [0.05, 0.1) is 16.6 Å². The van der Waals surface area contributed by atoms with Crippen molar-refractivity contribution < 1.29 is 4.79 Å². The van der Waals surface area contributed by atoms with Gasteiger partial charge < -0.3 is 4.90 Å². The first-order valence-electron chi connectivity index (χ1n) is 9.44. The summed E-state index contributed by atoms with van der Waals surface area (Å²) in [6.07, 6.45) is 3.52. The highest BCUT2D eigenvalue weighted by Gasteiger charge is 2.30. The van der Waals surface area contributed by atoms with Crippen LogP contribution in [0.25, 0.3) is 11.0 Å². The lowest BCUT2D eigenvalue weighted by atomic mass is 10.1. The number of piperazine rings is 1. The first-order valence-corrected chi connectivity index (χ1v) is 9.44. The molecule has 2 fully saturated rings. The molecule has 2 aromatic rings. The van der Waals surface area contributed by atoms with E-state index in [-0.39, 0.29) is 5.91 Å². The van der Waals surface area contributed by atoms with Gasteiger partial charge in [0, 0.05) is 44.8 Å². The number of carbonyl (C=O) groups excluding carboxylic acids is 1. The first kappa shape index (κ1) is 16.5. The number of carbonyl (C=O) groups is 1. The summed E-state index contributed by atoms with van der Waals surface area (Å²) in [6, 6.07) is 2.04. The van der Waals surface area contributed by atoms with Crippen molar-refractivity contribution in [2.45, 2.75) is 39.0 Å². The van der Waals surface area contributed by atoms with E-state index in [1.54, 1.807) is 0 Å². The lowest BCUT2D eigenvalue weighted by Crippen LogP contribution is -2.48. The summed E-state index contributed by atoms with van der Waals surface area (Å²) in [4.78, 5) is 22.5. The Bertz CT molecular complexity index is 800. The number of aromatic nitrogens is 3. The Morgan fingerprint density at radius 2 is 1.96 bits per heavy atom. The number of aryl methyl sites for hydroxylation is 2. The van der Waals surface area contributed by atoms with Crippen molar-refractivity contribution in [3.8, 4) is 0 Å². The summed E-state index contributed by atoms with van der Waals surface area (Å²) < 4.78 is 1.81. The van der Waals surface area contributed by atoms with Crippen molar-refractivity contribution >= 4 is 16.9 Å². The monoisotopic (exact) mass is 341 g/mol. The molecule has 1 saturated carbocycles. The smallest absolute Gasteiger partial charge is 0.254 e. The van der Waals surface area contributed by atoms with E-state index in [9.17, 15) is 4.79 Å². The Labute approximate surface area is 148 Å². The Hall–Kier alpha value is -1.95. The minimum atomic E-state index is 0.140. The van der Waals surface area contributed by atoms with E-state index in [1.165, 1.54) is 19.3 Å². The zero-order valence-electron chi connectivity index (χ0n) is 15.5. The second-order valence-corrected chi connectivity index (χ2v) is 7.41. The van der Waals surface area contributed by atoms with Gasteiger partial charge in [-0.25, -0.2) is 4.98 Å². The molecule has 0 radical (unpaired) electrons. The van der Waals surface area contributed by atoms with Crippen LogP contribution in [0.4, 0.5) is 0 Å². The van der Waals surface area contributed by atoms with E-state index < -0.39 is 0 Å². The maximum absolute atomic E-state index is 13.3. The van der Waals surface area contributed by atoms with Crippen LogP contribution in [0.15, 0.2) is 6.07 Å². The van der Waals surface area contributed by atoms with Crippen LogP contribution in [-0.4, -0.2) is 63.2 Å². The van der Waals surface area contributed by atoms with Crippen LogP contribution >= 0.6 is 0 Å². The fourth-order valence-electron chi connectivity index (χ4n) is 3.88. The number of hydrogen-bond donors (Lipinski definition) is 0. The van der Waals surface area contributed by atoms with Gasteiger partial charge in [-0.15, -0.1) is 0 Å². The Balaban J connectivity index is 1.67. The van der Waals surface area contributed by atoms with Crippen LogP contribution < -0.4 is 0 Å². The first-order chi connectivity index (χ1) is 12.1. The molecule has 1 aliphatic carbocycles. The van der Waals surface area contributed by atoms with Crippen molar-refractivity contribution in [3.63, 3.8) is 0 Å². The van der Waals surface area contributed by atoms with E-state index in [4.69, 9.17) is 4.98 Å². The number of fused-ring (bicyclic) bond motifs is 1. The van der Waals surface area contributed by atoms with Gasteiger partial charge in [-0.05, 0) is 38.8 Å². The topological polar surface area (TPSA) is 54.3 Å². The molecule has 0 spiro atoms. The number of rotatable bonds is 4. The van der Waals surface area contributed by atoms with E-state index in [2.05, 4.69) is 16.9 Å². The van der Waals surface area contributed by atoms with Gasteiger partial charge in [0.2, 0.25) is 0 Å². The molecular formula is C19H27N5O. The molecule has 0 bridgehead atoms. The SMILES string of the molecule is CCCN1CCN(C(=O)c2cc(C3CC3)nc3c2c(C)nn3C)CC1. The van der Waals surface area contributed by atoms with Crippen LogP contribution in [0.1, 0.15) is 53.8 Å². The Morgan fingerprint density at radius 1 is 1.24 bits per heavy atom. The summed E-state index contributed by atoms with van der Waals surface area (Å²) in [7, 11) is 1.91. The average molecular weight is 341 g/mol. The lowest BCUT2D eigenvalue weighted by molar-refractivity contribution is 0.0639. The summed E-state index contributed by atoms with van der Waals surface area (Å²) >= 11 is 0. The van der Waals surface area contributed by atoms with Gasteiger partial charge in [0.15, 0.2) is 5.65 Å². The Kier molecular flexibility index (Phi) is 4.23. The van der Waals surface area contributed by atoms with E-state index >= 15 is 0 Å². The number of nitrogens with zero attached hydrogens (tertiary/aromatic N) is 5. The van der Waals surface area contributed by atoms with Crippen LogP contribution in [-0.2, 0) is 7.05 Å². The van der Waals surface area contributed by atoms with Gasteiger partial charge in [0.25, 0.3) is 5.91 Å². The van der Waals surface area contributed by atoms with Crippen LogP contribution in [0.5, 0.6) is 0 Å². The molecule has 25 heavy (non-hydrogen) atoms. The fraction of sp³-hybridized carbons (Fsp3) is 0.632. The fourth-order valence-corrected chi connectivity index (χ4v) is 3.88. The summed E-state index contributed by atoms with van der Waals surface area (Å²) in [6.45, 7) is 8.84. The second-order valence-electron chi connectivity index (χ2n) is 7.41. The Morgan fingerprint density at radius 3 is 2.60 bits per heavy atom. The third-order valence-corrected chi connectivity index (χ3v) is 5.41. The molecule has 4 rings (SSSR count). The molecule has 2 aliphatic rings. The third-order valence-electron chi connectivity index (χ3n) is 5.41. The lowest BCUT2D eigenvalue weighted by Gasteiger charge is -2.34. The summed E-state index contributed by atoms with van der Waals surface area (Å²) in [5.41, 5.74) is 3.58. The summed E-state index contributed by atoms with van der Waals surface area (Å²) in [5.74, 6) is 0.661. The molecule has 2 aromatic heterocycles. The molecule has 0 aromatic carbocycles. The largest absolute Gasteiger partial charge is 0.336 e. The van der Waals surface area contributed by atoms with Crippen molar-refractivity contribution in [3.05, 3.63) is 23.0 Å². The van der Waals surface area contributed by atoms with Crippen LogP contribution in [0.3, 0.4) is 0 Å². The number of amides is 1. The predicted molar refractivity (Wildman–Crippen MR) is 97.9 cm³/mol. The minimum absolute atomic E-state index is 0.140. The zero-order chi connectivity index (χ0) is 17.6. The molecule has 134 valence electrons. The quantitative estimate of drug-likeness (QED) is 0.856. The molecule has 0 N–H and O–H groups in total. The van der Waals surface area contributed by atoms with Gasteiger partial charge >= 0.3 is 0 Å². The molecule has 1 amide bonds. The second kappa shape index (κ2) is 6.41. The van der Waals surface area contributed by atoms with Gasteiger partial charge in [-0.3, -0.25) is 14.4 Å². The van der Waals surface area contributed by atoms with Crippen LogP contribution in [0.2, 0.25) is 0 Å². The molecule has 6 heteroatoms. The summed E-state index contributed by atoms with van der Waals surface area (Å²) in [5, 5.41) is 5.43. The molecular weight excluding hydrogens is 314 g/mol. The van der Waals surface area contributed by atoms with Crippen LogP contribution in [0, 0.1) is 6.92 Å². The average Bonchev–Trinajstić information content (AvgIpc) is 3.42. The van der Waals surface area contributed by atoms with Crippen molar-refractivity contribution in [1.82, 2.24) is 24.6 Å². The number of hydrogen-bond acceptors (Lipinski definition) is 4. The third kappa shape index (κ3) is 3.03.